The van der Waals surface area contributed by atoms with Gasteiger partial charge in [-0.3, -0.25) is 0 Å². The van der Waals surface area contributed by atoms with Crippen LogP contribution in [0.4, 0.5) is 0 Å². The first-order valence-corrected chi connectivity index (χ1v) is 5.83. The maximum atomic E-state index is 6.03. The van der Waals surface area contributed by atoms with Gasteiger partial charge in [0.25, 0.3) is 0 Å². The highest BCUT2D eigenvalue weighted by atomic mass is 35.5. The summed E-state index contributed by atoms with van der Waals surface area (Å²) in [6.45, 7) is 2.12. The molecule has 15 heavy (non-hydrogen) atoms. The van der Waals surface area contributed by atoms with Crippen molar-refractivity contribution >= 4 is 34.8 Å². The van der Waals surface area contributed by atoms with Gasteiger partial charge in [0.2, 0.25) is 0 Å². The van der Waals surface area contributed by atoms with Crippen LogP contribution in [0.1, 0.15) is 12.0 Å². The van der Waals surface area contributed by atoms with Gasteiger partial charge in [-0.15, -0.1) is 0 Å². The Morgan fingerprint density at radius 1 is 1.13 bits per heavy atom. The lowest BCUT2D eigenvalue weighted by atomic mass is 10.2. The average molecular weight is 268 g/mol. The van der Waals surface area contributed by atoms with Crippen LogP contribution in [-0.4, -0.2) is 13.1 Å². The third-order valence-corrected chi connectivity index (χ3v) is 3.20. The minimum absolute atomic E-state index is 0.518. The van der Waals surface area contributed by atoms with E-state index in [9.17, 15) is 0 Å². The van der Waals surface area contributed by atoms with Gasteiger partial charge in [-0.05, 0) is 31.6 Å². The van der Waals surface area contributed by atoms with Gasteiger partial charge in [0.05, 0.1) is 10.0 Å². The Morgan fingerprint density at radius 3 is 2.47 bits per heavy atom. The maximum absolute atomic E-state index is 6.03. The van der Waals surface area contributed by atoms with E-state index in [1.54, 1.807) is 12.1 Å². The lowest BCUT2D eigenvalue weighted by molar-refractivity contribution is 0.655. The molecule has 0 aromatic heterocycles. The van der Waals surface area contributed by atoms with Crippen molar-refractivity contribution < 1.29 is 0 Å². The van der Waals surface area contributed by atoms with Crippen molar-refractivity contribution in [3.8, 4) is 0 Å². The van der Waals surface area contributed by atoms with Crippen molar-refractivity contribution in [2.45, 2.75) is 13.0 Å². The van der Waals surface area contributed by atoms with E-state index in [2.05, 4.69) is 5.32 Å². The smallest absolute Gasteiger partial charge is 0.0652 e. The fraction of sp³-hybridized carbons (Fsp3) is 0.400. The summed E-state index contributed by atoms with van der Waals surface area (Å²) in [6.07, 6.45) is 0.926. The molecule has 0 aliphatic rings. The summed E-state index contributed by atoms with van der Waals surface area (Å²) in [5.74, 6) is 0. The Kier molecular flexibility index (Phi) is 5.72. The van der Waals surface area contributed by atoms with Gasteiger partial charge in [-0.25, -0.2) is 0 Å². The molecule has 0 radical (unpaired) electrons. The summed E-state index contributed by atoms with van der Waals surface area (Å²) in [5, 5.41) is 4.88. The molecular formula is C10H13Cl3N2. The molecule has 3 N–H and O–H groups in total. The molecule has 0 heterocycles. The minimum atomic E-state index is 0.518. The number of hydrogen-bond acceptors (Lipinski definition) is 2. The number of halogens is 3. The molecule has 84 valence electrons. The Morgan fingerprint density at radius 2 is 1.80 bits per heavy atom. The highest BCUT2D eigenvalue weighted by Gasteiger charge is 2.08. The predicted molar refractivity (Wildman–Crippen MR) is 66.9 cm³/mol. The standard InChI is InChI=1S/C10H13Cl3N2/c11-8-2-3-9(12)10(13)7(8)6-15-5-1-4-14/h2-3,15H,1,4-6,14H2. The normalized spacial score (nSPS) is 10.7. The Balaban J connectivity index is 2.63. The third kappa shape index (κ3) is 3.82. The highest BCUT2D eigenvalue weighted by Crippen LogP contribution is 2.31. The quantitative estimate of drug-likeness (QED) is 0.635. The predicted octanol–water partition coefficient (Wildman–Crippen LogP) is 3.09. The van der Waals surface area contributed by atoms with E-state index in [1.807, 2.05) is 0 Å². The SMILES string of the molecule is NCCCNCc1c(Cl)ccc(Cl)c1Cl. The van der Waals surface area contributed by atoms with Gasteiger partial charge in [-0.1, -0.05) is 34.8 Å². The number of benzene rings is 1. The molecule has 0 atom stereocenters. The van der Waals surface area contributed by atoms with Crippen LogP contribution >= 0.6 is 34.8 Å². The molecule has 0 aliphatic carbocycles. The molecule has 1 aromatic carbocycles. The van der Waals surface area contributed by atoms with E-state index in [-0.39, 0.29) is 0 Å². The van der Waals surface area contributed by atoms with Crippen molar-refractivity contribution in [1.29, 1.82) is 0 Å². The van der Waals surface area contributed by atoms with Gasteiger partial charge in [0.1, 0.15) is 0 Å². The first-order chi connectivity index (χ1) is 7.16. The topological polar surface area (TPSA) is 38.0 Å². The molecule has 2 nitrogen and oxygen atoms in total. The molecule has 1 aromatic rings. The van der Waals surface area contributed by atoms with Crippen LogP contribution in [-0.2, 0) is 6.54 Å². The second-order valence-electron chi connectivity index (χ2n) is 3.14. The largest absolute Gasteiger partial charge is 0.330 e. The summed E-state index contributed by atoms with van der Waals surface area (Å²) < 4.78 is 0. The lowest BCUT2D eigenvalue weighted by Crippen LogP contribution is -2.18. The molecule has 0 saturated heterocycles. The number of nitrogens with one attached hydrogen (secondary N) is 1. The van der Waals surface area contributed by atoms with Crippen molar-refractivity contribution in [2.75, 3.05) is 13.1 Å². The first kappa shape index (κ1) is 13.1. The summed E-state index contributed by atoms with van der Waals surface area (Å²) in [5.41, 5.74) is 6.21. The molecule has 0 fully saturated rings. The third-order valence-electron chi connectivity index (χ3n) is 2.00. The lowest BCUT2D eigenvalue weighted by Gasteiger charge is -2.09. The van der Waals surface area contributed by atoms with E-state index in [4.69, 9.17) is 40.5 Å². The van der Waals surface area contributed by atoms with E-state index < -0.39 is 0 Å². The van der Waals surface area contributed by atoms with Crippen LogP contribution in [0.15, 0.2) is 12.1 Å². The minimum Gasteiger partial charge on any atom is -0.330 e. The van der Waals surface area contributed by atoms with Crippen LogP contribution in [0.5, 0.6) is 0 Å². The van der Waals surface area contributed by atoms with Crippen LogP contribution < -0.4 is 11.1 Å². The zero-order chi connectivity index (χ0) is 11.3. The summed E-state index contributed by atoms with van der Waals surface area (Å²) in [7, 11) is 0. The molecule has 0 bridgehead atoms. The van der Waals surface area contributed by atoms with E-state index >= 15 is 0 Å². The van der Waals surface area contributed by atoms with Crippen molar-refractivity contribution in [3.63, 3.8) is 0 Å². The second kappa shape index (κ2) is 6.56. The van der Waals surface area contributed by atoms with Gasteiger partial charge in [-0.2, -0.15) is 0 Å². The molecule has 0 spiro atoms. The molecule has 5 heteroatoms. The zero-order valence-corrected chi connectivity index (χ0v) is 10.5. The number of rotatable bonds is 5. The first-order valence-electron chi connectivity index (χ1n) is 4.70. The number of hydrogen-bond donors (Lipinski definition) is 2. The molecule has 0 unspecified atom stereocenters. The fourth-order valence-corrected chi connectivity index (χ4v) is 1.85. The van der Waals surface area contributed by atoms with Gasteiger partial charge >= 0.3 is 0 Å². The maximum Gasteiger partial charge on any atom is 0.0652 e. The van der Waals surface area contributed by atoms with Crippen molar-refractivity contribution in [1.82, 2.24) is 5.32 Å². The highest BCUT2D eigenvalue weighted by molar-refractivity contribution is 6.44. The molecule has 0 amide bonds. The van der Waals surface area contributed by atoms with Crippen LogP contribution in [0.2, 0.25) is 15.1 Å². The van der Waals surface area contributed by atoms with E-state index in [0.717, 1.165) is 18.5 Å². The molecule has 1 rings (SSSR count). The van der Waals surface area contributed by atoms with Gasteiger partial charge in [0.15, 0.2) is 0 Å². The monoisotopic (exact) mass is 266 g/mol. The van der Waals surface area contributed by atoms with Gasteiger partial charge < -0.3 is 11.1 Å². The summed E-state index contributed by atoms with van der Waals surface area (Å²) >= 11 is 17.9. The Labute approximate surface area is 105 Å². The van der Waals surface area contributed by atoms with Crippen molar-refractivity contribution in [2.24, 2.45) is 5.73 Å². The fourth-order valence-electron chi connectivity index (χ4n) is 1.17. The summed E-state index contributed by atoms with van der Waals surface area (Å²) in [6, 6.07) is 3.44. The molecular weight excluding hydrogens is 254 g/mol. The molecule has 0 aliphatic heterocycles. The van der Waals surface area contributed by atoms with E-state index in [0.29, 0.717) is 28.2 Å². The number of nitrogens with two attached hydrogens (primary N) is 1. The second-order valence-corrected chi connectivity index (χ2v) is 4.33. The Hall–Kier alpha value is 0.01000. The van der Waals surface area contributed by atoms with Crippen LogP contribution in [0.3, 0.4) is 0 Å². The Bertz CT molecular complexity index is 329. The van der Waals surface area contributed by atoms with Gasteiger partial charge in [0, 0.05) is 17.1 Å². The zero-order valence-electron chi connectivity index (χ0n) is 8.19. The molecule has 0 saturated carbocycles. The van der Waals surface area contributed by atoms with Crippen LogP contribution in [0, 0.1) is 0 Å². The average Bonchev–Trinajstić information content (AvgIpc) is 2.23. The van der Waals surface area contributed by atoms with Crippen molar-refractivity contribution in [3.05, 3.63) is 32.8 Å². The summed E-state index contributed by atoms with van der Waals surface area (Å²) in [4.78, 5) is 0. The van der Waals surface area contributed by atoms with E-state index in [1.165, 1.54) is 0 Å². The van der Waals surface area contributed by atoms with Crippen LogP contribution in [0.25, 0.3) is 0 Å².